The van der Waals surface area contributed by atoms with Crippen LogP contribution in [-0.2, 0) is 0 Å². The van der Waals surface area contributed by atoms with Crippen LogP contribution in [0.2, 0.25) is 5.02 Å². The molecule has 0 bridgehead atoms. The van der Waals surface area contributed by atoms with Crippen LogP contribution < -0.4 is 11.1 Å². The lowest BCUT2D eigenvalue weighted by molar-refractivity contribution is 0.102. The highest BCUT2D eigenvalue weighted by molar-refractivity contribution is 7.19. The molecule has 3 N–H and O–H groups in total. The molecule has 1 aromatic carbocycles. The minimum atomic E-state index is -0.226. The summed E-state index contributed by atoms with van der Waals surface area (Å²) >= 11 is 6.99. The highest BCUT2D eigenvalue weighted by Crippen LogP contribution is 2.24. The molecule has 0 radical (unpaired) electrons. The van der Waals surface area contributed by atoms with Crippen molar-refractivity contribution >= 4 is 39.0 Å². The summed E-state index contributed by atoms with van der Waals surface area (Å²) in [6.45, 7) is 1.80. The normalized spacial score (nSPS) is 10.2. The zero-order valence-electron chi connectivity index (χ0n) is 9.03. The van der Waals surface area contributed by atoms with Crippen molar-refractivity contribution in [3.05, 3.63) is 40.5 Å². The number of aromatic nitrogens is 1. The van der Waals surface area contributed by atoms with Crippen molar-refractivity contribution in [2.45, 2.75) is 6.92 Å². The molecule has 0 spiro atoms. The maximum Gasteiger partial charge on any atom is 0.257 e. The largest absolute Gasteiger partial charge is 0.389 e. The number of thiazole rings is 1. The molecule has 0 fully saturated rings. The molecule has 17 heavy (non-hydrogen) atoms. The van der Waals surface area contributed by atoms with Crippen LogP contribution in [0, 0.1) is 6.92 Å². The number of benzene rings is 1. The van der Waals surface area contributed by atoms with E-state index in [9.17, 15) is 4.79 Å². The minimum Gasteiger partial charge on any atom is -0.389 e. The van der Waals surface area contributed by atoms with Crippen LogP contribution in [-0.4, -0.2) is 10.9 Å². The van der Waals surface area contributed by atoms with Gasteiger partial charge in [-0.25, -0.2) is 4.98 Å². The van der Waals surface area contributed by atoms with Gasteiger partial charge >= 0.3 is 0 Å². The number of nitrogens with two attached hydrogens (primary N) is 1. The Labute approximate surface area is 107 Å². The van der Waals surface area contributed by atoms with Gasteiger partial charge in [-0.2, -0.15) is 0 Å². The summed E-state index contributed by atoms with van der Waals surface area (Å²) in [6.07, 6.45) is 0. The fourth-order valence-corrected chi connectivity index (χ4v) is 2.09. The van der Waals surface area contributed by atoms with Gasteiger partial charge < -0.3 is 5.73 Å². The molecule has 0 atom stereocenters. The maximum absolute atomic E-state index is 11.8. The number of nitrogen functional groups attached to an aromatic ring is 1. The van der Waals surface area contributed by atoms with Gasteiger partial charge in [0.05, 0.1) is 5.69 Å². The van der Waals surface area contributed by atoms with E-state index in [1.54, 1.807) is 31.2 Å². The molecule has 0 aliphatic heterocycles. The van der Waals surface area contributed by atoms with Crippen molar-refractivity contribution in [2.75, 3.05) is 11.1 Å². The summed E-state index contributed by atoms with van der Waals surface area (Å²) in [5, 5.41) is 4.39. The average molecular weight is 268 g/mol. The Balaban J connectivity index is 2.14. The highest BCUT2D eigenvalue weighted by atomic mass is 35.5. The second kappa shape index (κ2) is 4.73. The lowest BCUT2D eigenvalue weighted by atomic mass is 10.2. The predicted octanol–water partition coefficient (Wildman–Crippen LogP) is 2.94. The number of hydrogen-bond donors (Lipinski definition) is 2. The standard InChI is InChI=1S/C11H10ClN3OS/c1-6-9(13)17-11(14-6)15-10(16)7-2-4-8(12)5-3-7/h2-5H,13H2,1H3,(H,14,15,16). The molecule has 0 saturated heterocycles. The first-order valence-electron chi connectivity index (χ1n) is 4.86. The fraction of sp³-hybridized carbons (Fsp3) is 0.0909. The zero-order chi connectivity index (χ0) is 12.4. The van der Waals surface area contributed by atoms with Crippen LogP contribution in [0.4, 0.5) is 10.1 Å². The number of hydrogen-bond acceptors (Lipinski definition) is 4. The van der Waals surface area contributed by atoms with Crippen molar-refractivity contribution < 1.29 is 4.79 Å². The van der Waals surface area contributed by atoms with E-state index in [1.165, 1.54) is 11.3 Å². The number of amides is 1. The summed E-state index contributed by atoms with van der Waals surface area (Å²) in [5.74, 6) is -0.226. The first kappa shape index (κ1) is 11.9. The number of rotatable bonds is 2. The molecule has 0 unspecified atom stereocenters. The van der Waals surface area contributed by atoms with Gasteiger partial charge in [0.1, 0.15) is 5.00 Å². The summed E-state index contributed by atoms with van der Waals surface area (Å²) in [5.41, 5.74) is 6.91. The van der Waals surface area contributed by atoms with Gasteiger partial charge in [0.25, 0.3) is 5.91 Å². The number of carbonyl (C=O) groups excluding carboxylic acids is 1. The van der Waals surface area contributed by atoms with Gasteiger partial charge in [-0.05, 0) is 31.2 Å². The molecule has 0 aliphatic carbocycles. The Morgan fingerprint density at radius 3 is 2.59 bits per heavy atom. The van der Waals surface area contributed by atoms with Crippen molar-refractivity contribution in [3.8, 4) is 0 Å². The Morgan fingerprint density at radius 1 is 1.41 bits per heavy atom. The number of carbonyl (C=O) groups is 1. The molecular formula is C11H10ClN3OS. The van der Waals surface area contributed by atoms with E-state index in [2.05, 4.69) is 10.3 Å². The molecule has 1 aromatic heterocycles. The third-order valence-electron chi connectivity index (χ3n) is 2.16. The van der Waals surface area contributed by atoms with Crippen LogP contribution >= 0.6 is 22.9 Å². The van der Waals surface area contributed by atoms with E-state index in [1.807, 2.05) is 0 Å². The number of anilines is 2. The zero-order valence-corrected chi connectivity index (χ0v) is 10.6. The lowest BCUT2D eigenvalue weighted by Gasteiger charge is -2.01. The van der Waals surface area contributed by atoms with E-state index < -0.39 is 0 Å². The van der Waals surface area contributed by atoms with Crippen molar-refractivity contribution in [2.24, 2.45) is 0 Å². The lowest BCUT2D eigenvalue weighted by Crippen LogP contribution is -2.11. The Morgan fingerprint density at radius 2 is 2.06 bits per heavy atom. The highest BCUT2D eigenvalue weighted by Gasteiger charge is 2.09. The predicted molar refractivity (Wildman–Crippen MR) is 70.7 cm³/mol. The molecule has 0 aliphatic rings. The molecule has 1 amide bonds. The molecule has 2 rings (SSSR count). The van der Waals surface area contributed by atoms with Crippen molar-refractivity contribution in [1.29, 1.82) is 0 Å². The van der Waals surface area contributed by atoms with Crippen LogP contribution in [0.5, 0.6) is 0 Å². The monoisotopic (exact) mass is 267 g/mol. The fourth-order valence-electron chi connectivity index (χ4n) is 1.23. The number of nitrogens with zero attached hydrogens (tertiary/aromatic N) is 1. The van der Waals surface area contributed by atoms with Gasteiger partial charge in [0.2, 0.25) is 0 Å². The quantitative estimate of drug-likeness (QED) is 0.879. The average Bonchev–Trinajstić information content (AvgIpc) is 2.58. The number of nitrogens with one attached hydrogen (secondary N) is 1. The van der Waals surface area contributed by atoms with Crippen molar-refractivity contribution in [3.63, 3.8) is 0 Å². The van der Waals surface area contributed by atoms with E-state index in [-0.39, 0.29) is 5.91 Å². The van der Waals surface area contributed by atoms with Gasteiger partial charge in [-0.1, -0.05) is 22.9 Å². The number of aryl methyl sites for hydroxylation is 1. The van der Waals surface area contributed by atoms with Gasteiger partial charge in [0.15, 0.2) is 5.13 Å². The Hall–Kier alpha value is -1.59. The summed E-state index contributed by atoms with van der Waals surface area (Å²) in [6, 6.07) is 6.64. The molecular weight excluding hydrogens is 258 g/mol. The summed E-state index contributed by atoms with van der Waals surface area (Å²) in [7, 11) is 0. The third kappa shape index (κ3) is 2.75. The smallest absolute Gasteiger partial charge is 0.257 e. The van der Waals surface area contributed by atoms with Crippen molar-refractivity contribution in [1.82, 2.24) is 4.98 Å². The molecule has 88 valence electrons. The molecule has 6 heteroatoms. The minimum absolute atomic E-state index is 0.226. The Kier molecular flexibility index (Phi) is 3.31. The van der Waals surface area contributed by atoms with Crippen LogP contribution in [0.15, 0.2) is 24.3 Å². The molecule has 2 aromatic rings. The third-order valence-corrected chi connectivity index (χ3v) is 3.31. The summed E-state index contributed by atoms with van der Waals surface area (Å²) in [4.78, 5) is 15.9. The van der Waals surface area contributed by atoms with Gasteiger partial charge in [0, 0.05) is 10.6 Å². The van der Waals surface area contributed by atoms with Crippen LogP contribution in [0.3, 0.4) is 0 Å². The summed E-state index contributed by atoms with van der Waals surface area (Å²) < 4.78 is 0. The molecule has 1 heterocycles. The first-order chi connectivity index (χ1) is 8.06. The molecule has 4 nitrogen and oxygen atoms in total. The van der Waals surface area contributed by atoms with E-state index in [0.29, 0.717) is 20.7 Å². The molecule has 0 saturated carbocycles. The van der Waals surface area contributed by atoms with Gasteiger partial charge in [-0.15, -0.1) is 0 Å². The first-order valence-corrected chi connectivity index (χ1v) is 6.05. The van der Waals surface area contributed by atoms with E-state index >= 15 is 0 Å². The Bertz CT molecular complexity index is 531. The van der Waals surface area contributed by atoms with Crippen LogP contribution in [0.25, 0.3) is 0 Å². The topological polar surface area (TPSA) is 68.0 Å². The van der Waals surface area contributed by atoms with Gasteiger partial charge in [-0.3, -0.25) is 10.1 Å². The van der Waals surface area contributed by atoms with Crippen LogP contribution in [0.1, 0.15) is 16.1 Å². The number of halogens is 1. The van der Waals surface area contributed by atoms with E-state index in [0.717, 1.165) is 5.69 Å². The second-order valence-corrected chi connectivity index (χ2v) is 4.90. The second-order valence-electron chi connectivity index (χ2n) is 3.43. The van der Waals surface area contributed by atoms with E-state index in [4.69, 9.17) is 17.3 Å². The SMILES string of the molecule is Cc1nc(NC(=O)c2ccc(Cl)cc2)sc1N. The maximum atomic E-state index is 11.8.